The van der Waals surface area contributed by atoms with Crippen LogP contribution in [0.1, 0.15) is 18.1 Å². The molecule has 0 unspecified atom stereocenters. The molecule has 0 heterocycles. The summed E-state index contributed by atoms with van der Waals surface area (Å²) in [5, 5.41) is 3.92. The van der Waals surface area contributed by atoms with Gasteiger partial charge in [0.25, 0.3) is 0 Å². The second-order valence-corrected chi connectivity index (χ2v) is 10.5. The molecule has 1 N–H and O–H groups in total. The van der Waals surface area contributed by atoms with Crippen LogP contribution in [0.5, 0.6) is 0 Å². The number of hydrogen-bond acceptors (Lipinski definition) is 4. The summed E-state index contributed by atoms with van der Waals surface area (Å²) in [4.78, 5) is 12.6. The molecule has 29 heavy (non-hydrogen) atoms. The van der Waals surface area contributed by atoms with E-state index in [9.17, 15) is 13.2 Å². The summed E-state index contributed by atoms with van der Waals surface area (Å²) in [5.74, 6) is 1.15. The van der Waals surface area contributed by atoms with Crippen LogP contribution >= 0.6 is 35.0 Å². The van der Waals surface area contributed by atoms with Gasteiger partial charge in [-0.3, -0.25) is 9.10 Å². The average Bonchev–Trinajstić information content (AvgIpc) is 2.64. The minimum atomic E-state index is -3.68. The maximum atomic E-state index is 12.6. The number of thioether (sulfide) groups is 1. The van der Waals surface area contributed by atoms with E-state index in [1.165, 1.54) is 0 Å². The first-order chi connectivity index (χ1) is 13.6. The van der Waals surface area contributed by atoms with Gasteiger partial charge in [0, 0.05) is 28.1 Å². The van der Waals surface area contributed by atoms with Crippen LogP contribution in [-0.2, 0) is 20.6 Å². The van der Waals surface area contributed by atoms with E-state index in [-0.39, 0.29) is 5.91 Å². The molecule has 9 heteroatoms. The molecule has 5 nitrogen and oxygen atoms in total. The van der Waals surface area contributed by atoms with Gasteiger partial charge in [0.15, 0.2) is 0 Å². The molecule has 1 atom stereocenters. The number of nitrogens with zero attached hydrogens (tertiary/aromatic N) is 1. The van der Waals surface area contributed by atoms with Crippen LogP contribution in [0.2, 0.25) is 10.0 Å². The van der Waals surface area contributed by atoms with E-state index in [1.54, 1.807) is 43.8 Å². The van der Waals surface area contributed by atoms with Crippen molar-refractivity contribution in [2.45, 2.75) is 25.6 Å². The average molecular weight is 475 g/mol. The molecule has 0 aliphatic carbocycles. The Kier molecular flexibility index (Phi) is 8.70. The minimum Gasteiger partial charge on any atom is -0.353 e. The second-order valence-electron chi connectivity index (χ2n) is 6.64. The fourth-order valence-electron chi connectivity index (χ4n) is 2.77. The third kappa shape index (κ3) is 7.10. The summed E-state index contributed by atoms with van der Waals surface area (Å²) >= 11 is 13.6. The standard InChI is InChI=1S/C20H24Cl2N2O3S2/c1-14-4-7-18(22)12-19(14)24(29(3,26)27)15(2)20(25)23-10-11-28-13-16-5-8-17(21)9-6-16/h4-9,12,15H,10-11,13H2,1-3H3,(H,23,25)/t15-/m0/s1. The summed E-state index contributed by atoms with van der Waals surface area (Å²) in [5.41, 5.74) is 2.27. The van der Waals surface area contributed by atoms with Gasteiger partial charge >= 0.3 is 0 Å². The van der Waals surface area contributed by atoms with Gasteiger partial charge in [-0.2, -0.15) is 11.8 Å². The predicted octanol–water partition coefficient (Wildman–Crippen LogP) is 4.51. The molecule has 2 rings (SSSR count). The third-order valence-electron chi connectivity index (χ3n) is 4.22. The van der Waals surface area contributed by atoms with Gasteiger partial charge in [0.05, 0.1) is 11.9 Å². The van der Waals surface area contributed by atoms with E-state index in [1.807, 2.05) is 24.3 Å². The highest BCUT2D eigenvalue weighted by Crippen LogP contribution is 2.28. The van der Waals surface area contributed by atoms with Crippen LogP contribution in [0, 0.1) is 6.92 Å². The van der Waals surface area contributed by atoms with Crippen LogP contribution in [0.15, 0.2) is 42.5 Å². The van der Waals surface area contributed by atoms with Crippen molar-refractivity contribution in [2.24, 2.45) is 0 Å². The van der Waals surface area contributed by atoms with Gasteiger partial charge < -0.3 is 5.32 Å². The number of carbonyl (C=O) groups is 1. The fraction of sp³-hybridized carbons (Fsp3) is 0.350. The lowest BCUT2D eigenvalue weighted by molar-refractivity contribution is -0.121. The molecule has 2 aromatic carbocycles. The molecular formula is C20H24Cl2N2O3S2. The molecule has 0 aliphatic rings. The van der Waals surface area contributed by atoms with Gasteiger partial charge in [-0.25, -0.2) is 8.42 Å². The molecule has 0 aliphatic heterocycles. The lowest BCUT2D eigenvalue weighted by Crippen LogP contribution is -2.48. The number of sulfonamides is 1. The Hall–Kier alpha value is -1.41. The summed E-state index contributed by atoms with van der Waals surface area (Å²) in [6.07, 6.45) is 1.08. The molecule has 0 spiro atoms. The zero-order valence-electron chi connectivity index (χ0n) is 16.5. The van der Waals surface area contributed by atoms with Gasteiger partial charge in [-0.05, 0) is 49.2 Å². The van der Waals surface area contributed by atoms with Crippen molar-refractivity contribution in [3.8, 4) is 0 Å². The first kappa shape index (κ1) is 23.9. The quantitative estimate of drug-likeness (QED) is 0.543. The predicted molar refractivity (Wildman–Crippen MR) is 124 cm³/mol. The Morgan fingerprint density at radius 2 is 1.76 bits per heavy atom. The van der Waals surface area contributed by atoms with Gasteiger partial charge in [-0.15, -0.1) is 0 Å². The number of nitrogens with one attached hydrogen (secondary N) is 1. The maximum Gasteiger partial charge on any atom is 0.243 e. The van der Waals surface area contributed by atoms with Crippen molar-refractivity contribution in [1.29, 1.82) is 0 Å². The SMILES string of the molecule is Cc1ccc(Cl)cc1N([C@@H](C)C(=O)NCCSCc1ccc(Cl)cc1)S(C)(=O)=O. The Morgan fingerprint density at radius 3 is 2.38 bits per heavy atom. The van der Waals surface area contributed by atoms with Crippen LogP contribution in [-0.4, -0.2) is 38.9 Å². The topological polar surface area (TPSA) is 66.5 Å². The van der Waals surface area contributed by atoms with Crippen molar-refractivity contribution in [1.82, 2.24) is 5.32 Å². The van der Waals surface area contributed by atoms with Crippen LogP contribution in [0.3, 0.4) is 0 Å². The van der Waals surface area contributed by atoms with Gasteiger partial charge in [0.2, 0.25) is 15.9 Å². The van der Waals surface area contributed by atoms with Gasteiger partial charge in [-0.1, -0.05) is 41.4 Å². The zero-order chi connectivity index (χ0) is 21.6. The third-order valence-corrected chi connectivity index (χ3v) is 6.97. The Labute approximate surface area is 186 Å². The molecule has 0 radical (unpaired) electrons. The van der Waals surface area contributed by atoms with E-state index < -0.39 is 16.1 Å². The van der Waals surface area contributed by atoms with Crippen LogP contribution < -0.4 is 9.62 Å². The Bertz CT molecular complexity index is 951. The van der Waals surface area contributed by atoms with Crippen molar-refractivity contribution >= 4 is 56.6 Å². The lowest BCUT2D eigenvalue weighted by Gasteiger charge is -2.29. The number of aryl methyl sites for hydroxylation is 1. The Balaban J connectivity index is 1.95. The van der Waals surface area contributed by atoms with Crippen molar-refractivity contribution in [3.63, 3.8) is 0 Å². The largest absolute Gasteiger partial charge is 0.353 e. The minimum absolute atomic E-state index is 0.359. The van der Waals surface area contributed by atoms with Crippen molar-refractivity contribution < 1.29 is 13.2 Å². The van der Waals surface area contributed by atoms with Crippen molar-refractivity contribution in [3.05, 3.63) is 63.6 Å². The monoisotopic (exact) mass is 474 g/mol. The first-order valence-electron chi connectivity index (χ1n) is 8.95. The zero-order valence-corrected chi connectivity index (χ0v) is 19.6. The number of anilines is 1. The fourth-order valence-corrected chi connectivity index (χ4v) is 5.10. The highest BCUT2D eigenvalue weighted by atomic mass is 35.5. The molecular weight excluding hydrogens is 451 g/mol. The molecule has 158 valence electrons. The van der Waals surface area contributed by atoms with E-state index in [0.29, 0.717) is 28.0 Å². The first-order valence-corrected chi connectivity index (χ1v) is 12.7. The van der Waals surface area contributed by atoms with E-state index in [0.717, 1.165) is 27.4 Å². The van der Waals surface area contributed by atoms with E-state index >= 15 is 0 Å². The number of rotatable bonds is 9. The molecule has 0 saturated carbocycles. The molecule has 2 aromatic rings. The Morgan fingerprint density at radius 1 is 1.14 bits per heavy atom. The lowest BCUT2D eigenvalue weighted by atomic mass is 10.2. The second kappa shape index (κ2) is 10.6. The maximum absolute atomic E-state index is 12.6. The highest BCUT2D eigenvalue weighted by molar-refractivity contribution is 7.98. The van der Waals surface area contributed by atoms with E-state index in [2.05, 4.69) is 5.32 Å². The molecule has 1 amide bonds. The normalized spacial score (nSPS) is 12.4. The molecule has 0 fully saturated rings. The number of amides is 1. The number of halogens is 2. The molecule has 0 aromatic heterocycles. The van der Waals surface area contributed by atoms with Crippen LogP contribution in [0.4, 0.5) is 5.69 Å². The molecule has 0 saturated heterocycles. The number of hydrogen-bond donors (Lipinski definition) is 1. The van der Waals surface area contributed by atoms with Gasteiger partial charge in [0.1, 0.15) is 6.04 Å². The summed E-state index contributed by atoms with van der Waals surface area (Å²) in [6.45, 7) is 3.78. The summed E-state index contributed by atoms with van der Waals surface area (Å²) in [7, 11) is -3.68. The number of benzene rings is 2. The van der Waals surface area contributed by atoms with E-state index in [4.69, 9.17) is 23.2 Å². The smallest absolute Gasteiger partial charge is 0.243 e. The molecule has 0 bridgehead atoms. The highest BCUT2D eigenvalue weighted by Gasteiger charge is 2.30. The van der Waals surface area contributed by atoms with Crippen LogP contribution in [0.25, 0.3) is 0 Å². The summed E-state index contributed by atoms with van der Waals surface area (Å²) < 4.78 is 25.9. The summed E-state index contributed by atoms with van der Waals surface area (Å²) in [6, 6.07) is 11.7. The van der Waals surface area contributed by atoms with Crippen molar-refractivity contribution in [2.75, 3.05) is 22.9 Å². The number of carbonyl (C=O) groups excluding carboxylic acids is 1.